The summed E-state index contributed by atoms with van der Waals surface area (Å²) >= 11 is 0. The maximum Gasteiger partial charge on any atom is 0.469 e. The summed E-state index contributed by atoms with van der Waals surface area (Å²) in [5, 5.41) is 0. The van der Waals surface area contributed by atoms with Crippen LogP contribution >= 0.6 is 0 Å². The van der Waals surface area contributed by atoms with E-state index in [0.29, 0.717) is 0 Å². The van der Waals surface area contributed by atoms with Crippen molar-refractivity contribution in [1.82, 2.24) is 0 Å². The first-order chi connectivity index (χ1) is 25.5. The van der Waals surface area contributed by atoms with Crippen molar-refractivity contribution in [2.45, 2.75) is 214 Å². The smallest absolute Gasteiger partial charge is 0.469 e. The fraction of sp³-hybridized carbons (Fsp3) is 1.00. The average molecular weight is 1170 g/mol. The van der Waals surface area contributed by atoms with Crippen LogP contribution in [0.3, 0.4) is 0 Å². The lowest BCUT2D eigenvalue weighted by molar-refractivity contribution is -0.909. The lowest BCUT2D eigenvalue weighted by Gasteiger charge is -2.44. The third kappa shape index (κ3) is 33.4. The minimum Gasteiger partial charge on any atom is -1.00 e. The molecule has 0 heterocycles. The van der Waals surface area contributed by atoms with Crippen LogP contribution < -0.4 is 24.0 Å². The van der Waals surface area contributed by atoms with E-state index in [-0.39, 0.29) is 24.0 Å². The maximum atomic E-state index is 7.15. The molecule has 364 valence electrons. The molecular weight excluding hydrogens is 1070 g/mol. The third-order valence-electron chi connectivity index (χ3n) is 7.70. The minimum absolute atomic E-state index is 0. The van der Waals surface area contributed by atoms with Gasteiger partial charge in [0, 0.05) is 37.4 Å². The number of nitrogens with zero attached hydrogens (tertiary/aromatic N) is 1. The molecule has 0 aromatic heterocycles. The van der Waals surface area contributed by atoms with Gasteiger partial charge in [0.15, 0.2) is 74.9 Å². The quantitative estimate of drug-likeness (QED) is 0.0397. The van der Waals surface area contributed by atoms with Crippen LogP contribution in [0.25, 0.3) is 0 Å². The van der Waals surface area contributed by atoms with E-state index in [2.05, 4.69) is 184 Å². The molecule has 0 aromatic carbocycles. The zero-order valence-corrected chi connectivity index (χ0v) is 59.0. The highest BCUT2D eigenvalue weighted by molar-refractivity contribution is 6.92. The van der Waals surface area contributed by atoms with Gasteiger partial charge >= 0.3 is 26.4 Å². The number of rotatable bonds is 30. The number of quaternary nitrogens is 1. The highest BCUT2D eigenvalue weighted by Crippen LogP contribution is 2.34. The summed E-state index contributed by atoms with van der Waals surface area (Å²) in [6.07, 6.45) is 2.91. The summed E-state index contributed by atoms with van der Waals surface area (Å²) in [4.78, 5) is 0. The number of hydrogen-bond acceptors (Lipinski definition) is 9. The van der Waals surface area contributed by atoms with E-state index >= 15 is 0 Å². The molecule has 0 fully saturated rings. The molecule has 0 N–H and O–H groups in total. The molecule has 0 saturated heterocycles. The van der Waals surface area contributed by atoms with Gasteiger partial charge in [-0.15, -0.1) is 0 Å². The summed E-state index contributed by atoms with van der Waals surface area (Å²) in [5.41, 5.74) is 0. The van der Waals surface area contributed by atoms with Crippen molar-refractivity contribution in [2.75, 3.05) is 26.7 Å². The first kappa shape index (κ1) is 65.0. The van der Waals surface area contributed by atoms with Crippen molar-refractivity contribution < 1.29 is 65.5 Å². The van der Waals surface area contributed by atoms with Crippen molar-refractivity contribution in [3.63, 3.8) is 0 Å². The second-order valence-corrected chi connectivity index (χ2v) is 77.0. The molecule has 0 saturated carbocycles. The van der Waals surface area contributed by atoms with Crippen LogP contribution in [0.4, 0.5) is 0 Å². The average Bonchev–Trinajstić information content (AvgIpc) is 2.78. The van der Waals surface area contributed by atoms with Crippen molar-refractivity contribution in [1.29, 1.82) is 0 Å². The van der Waals surface area contributed by atoms with E-state index in [9.17, 15) is 0 Å². The Morgan fingerprint density at radius 2 is 0.367 bits per heavy atom. The topological polar surface area (TPSA) is 83.1 Å². The molecule has 0 aliphatic heterocycles. The Bertz CT molecular complexity index is 988. The molecule has 0 spiro atoms. The Morgan fingerprint density at radius 1 is 0.250 bits per heavy atom. The molecule has 60 heavy (non-hydrogen) atoms. The number of hydrogen-bond donors (Lipinski definition) is 0. The van der Waals surface area contributed by atoms with Gasteiger partial charge in [-0.25, -0.2) is 0 Å². The molecule has 0 rings (SSSR count). The summed E-state index contributed by atoms with van der Waals surface area (Å²) in [6.45, 7) is 64.6. The molecule has 0 amide bonds. The van der Waals surface area contributed by atoms with Gasteiger partial charge in [-0.3, -0.25) is 0 Å². The van der Waals surface area contributed by atoms with Gasteiger partial charge in [-0.2, -0.15) is 0 Å². The molecule has 23 heteroatoms. The minimum atomic E-state index is -2.99. The molecular formula is C37H102INO9Si12. The molecule has 0 radical (unpaired) electrons. The van der Waals surface area contributed by atoms with Crippen LogP contribution in [0.1, 0.15) is 19.3 Å². The third-order valence-corrected chi connectivity index (χ3v) is 43.8. The summed E-state index contributed by atoms with van der Waals surface area (Å²) in [6, 6.07) is 2.51. The van der Waals surface area contributed by atoms with Gasteiger partial charge in [-0.05, 0) is 177 Å². The molecule has 0 unspecified atom stereocenters. The predicted molar refractivity (Wildman–Crippen MR) is 286 cm³/mol. The lowest BCUT2D eigenvalue weighted by atomic mass is 10.2. The number of halogens is 1. The Balaban J connectivity index is 0. The molecule has 10 nitrogen and oxygen atoms in total. The fourth-order valence-corrected chi connectivity index (χ4v) is 51.1. The van der Waals surface area contributed by atoms with Crippen LogP contribution in [0.5, 0.6) is 0 Å². The van der Waals surface area contributed by atoms with Gasteiger partial charge in [0.1, 0.15) is 0 Å². The van der Waals surface area contributed by atoms with Crippen molar-refractivity contribution in [3.05, 3.63) is 0 Å². The molecule has 0 aliphatic rings. The first-order valence-corrected chi connectivity index (χ1v) is 59.1. The summed E-state index contributed by atoms with van der Waals surface area (Å²) < 4.78 is 65.3. The monoisotopic (exact) mass is 1170 g/mol. The van der Waals surface area contributed by atoms with Crippen LogP contribution in [-0.2, 0) is 37.0 Å². The predicted octanol–water partition coefficient (Wildman–Crippen LogP) is 10.1. The van der Waals surface area contributed by atoms with Crippen LogP contribution in [0, 0.1) is 0 Å². The molecule has 0 bridgehead atoms. The van der Waals surface area contributed by atoms with E-state index in [0.717, 1.165) is 61.5 Å². The maximum absolute atomic E-state index is 7.15. The van der Waals surface area contributed by atoms with Gasteiger partial charge in [0.2, 0.25) is 0 Å². The Kier molecular flexibility index (Phi) is 25.5. The van der Waals surface area contributed by atoms with Crippen LogP contribution in [0.2, 0.25) is 195 Å². The zero-order valence-electron chi connectivity index (χ0n) is 44.9. The van der Waals surface area contributed by atoms with E-state index < -0.39 is 101 Å². The lowest BCUT2D eigenvalue weighted by Crippen LogP contribution is -3.00. The van der Waals surface area contributed by atoms with Crippen molar-refractivity contribution in [3.8, 4) is 0 Å². The molecule has 0 aromatic rings. The standard InChI is InChI=1S/C37H102NO9Si12.HI/c1-38(32-29-35-57(39-48(2,3)4,40-49(5,6)7)41-50(8,9)10,33-30-36-58(42-51(11,12)13,43-52(14,15)16)44-53(17,18)19)34-31-37-59(45-54(20,21)22,46-55(23,24)25)47-56(26,27)28;/h29-37H2,1-28H3;1H/q+1;/p-1. The Labute approximate surface area is 404 Å². The largest absolute Gasteiger partial charge is 1.00 e. The highest BCUT2D eigenvalue weighted by Gasteiger charge is 2.53. The highest BCUT2D eigenvalue weighted by atomic mass is 127. The van der Waals surface area contributed by atoms with Crippen molar-refractivity contribution >= 4 is 101 Å². The summed E-state index contributed by atoms with van der Waals surface area (Å²) in [5.74, 6) is 0. The Hall–Kier alpha value is 2.93. The second kappa shape index (κ2) is 23.5. The zero-order chi connectivity index (χ0) is 47.2. The first-order valence-electron chi connectivity index (χ1n) is 22.6. The summed E-state index contributed by atoms with van der Waals surface area (Å²) in [7, 11) is -24.4. The molecule has 0 atom stereocenters. The van der Waals surface area contributed by atoms with E-state index in [1.54, 1.807) is 0 Å². The normalized spacial score (nSPS) is 15.4. The van der Waals surface area contributed by atoms with Crippen molar-refractivity contribution in [2.24, 2.45) is 0 Å². The van der Waals surface area contributed by atoms with E-state index in [1.165, 1.54) is 0 Å². The van der Waals surface area contributed by atoms with Gasteiger partial charge in [-0.1, -0.05) is 0 Å². The van der Waals surface area contributed by atoms with Crippen LogP contribution in [-0.4, -0.2) is 132 Å². The van der Waals surface area contributed by atoms with E-state index in [4.69, 9.17) is 37.0 Å². The SMILES string of the molecule is C[N+](CCC[Si](O[Si](C)(C)C)(O[Si](C)(C)C)O[Si](C)(C)C)(CCC[Si](O[Si](C)(C)C)(O[Si](C)(C)C)O[Si](C)(C)C)CCC[Si](O[Si](C)(C)C)(O[Si](C)(C)C)O[Si](C)(C)C.[I-]. The van der Waals surface area contributed by atoms with E-state index in [1.807, 2.05) is 0 Å². The van der Waals surface area contributed by atoms with Gasteiger partial charge < -0.3 is 65.5 Å². The Morgan fingerprint density at radius 3 is 0.467 bits per heavy atom. The van der Waals surface area contributed by atoms with Gasteiger partial charge in [0.25, 0.3) is 0 Å². The van der Waals surface area contributed by atoms with Crippen LogP contribution in [0.15, 0.2) is 0 Å². The fourth-order valence-electron chi connectivity index (χ4n) is 7.21. The van der Waals surface area contributed by atoms with Gasteiger partial charge in [0.05, 0.1) is 26.7 Å². The molecule has 0 aliphatic carbocycles. The second-order valence-electron chi connectivity index (χ2n) is 26.1.